The maximum Gasteiger partial charge on any atom is 0.234 e. The summed E-state index contributed by atoms with van der Waals surface area (Å²) in [6.07, 6.45) is 8.19. The molecule has 4 heteroatoms. The Kier molecular flexibility index (Phi) is 5.34. The normalized spacial score (nSPS) is 22.8. The number of benzene rings is 1. The van der Waals surface area contributed by atoms with Crippen LogP contribution in [-0.2, 0) is 11.2 Å². The molecule has 1 aromatic rings. The Morgan fingerprint density at radius 1 is 1.17 bits per heavy atom. The molecule has 2 aliphatic rings. The average Bonchev–Trinajstić information content (AvgIpc) is 2.58. The molecule has 3 rings (SSSR count). The molecule has 1 aliphatic heterocycles. The summed E-state index contributed by atoms with van der Waals surface area (Å²) in [6.45, 7) is 2.33. The Labute approximate surface area is 139 Å². The van der Waals surface area contributed by atoms with E-state index in [1.807, 2.05) is 18.2 Å². The summed E-state index contributed by atoms with van der Waals surface area (Å²) >= 11 is 0. The molecule has 0 unspecified atom stereocenters. The van der Waals surface area contributed by atoms with Crippen LogP contribution in [0, 0.1) is 5.41 Å². The van der Waals surface area contributed by atoms with Gasteiger partial charge in [0.25, 0.3) is 0 Å². The Balaban J connectivity index is 1.54. The van der Waals surface area contributed by atoms with Crippen molar-refractivity contribution >= 4 is 5.91 Å². The number of carbonyl (C=O) groups is 1. The number of primary amides is 1. The van der Waals surface area contributed by atoms with Crippen molar-refractivity contribution in [2.75, 3.05) is 13.1 Å². The summed E-state index contributed by atoms with van der Waals surface area (Å²) in [4.78, 5) is 11.8. The summed E-state index contributed by atoms with van der Waals surface area (Å²) in [7, 11) is 0. The molecule has 1 saturated carbocycles. The number of amides is 1. The van der Waals surface area contributed by atoms with Gasteiger partial charge in [0.1, 0.15) is 0 Å². The maximum atomic E-state index is 11.8. The summed E-state index contributed by atoms with van der Waals surface area (Å²) in [6, 6.07) is 10.3. The van der Waals surface area contributed by atoms with Crippen LogP contribution < -0.4 is 16.4 Å². The Bertz CT molecular complexity index is 501. The first-order valence-corrected chi connectivity index (χ1v) is 8.97. The second-order valence-electron chi connectivity index (χ2n) is 7.34. The van der Waals surface area contributed by atoms with Crippen LogP contribution in [0.25, 0.3) is 0 Å². The minimum Gasteiger partial charge on any atom is -0.368 e. The lowest BCUT2D eigenvalue weighted by molar-refractivity contribution is -0.120. The predicted molar refractivity (Wildman–Crippen MR) is 93.1 cm³/mol. The van der Waals surface area contributed by atoms with E-state index in [0.29, 0.717) is 17.9 Å². The van der Waals surface area contributed by atoms with Gasteiger partial charge in [-0.2, -0.15) is 0 Å². The van der Waals surface area contributed by atoms with Crippen LogP contribution in [0.5, 0.6) is 0 Å². The van der Waals surface area contributed by atoms with Gasteiger partial charge in [-0.15, -0.1) is 0 Å². The molecule has 2 fully saturated rings. The molecule has 126 valence electrons. The van der Waals surface area contributed by atoms with Crippen molar-refractivity contribution in [2.45, 2.75) is 57.0 Å². The number of hydrogen-bond donors (Lipinski definition) is 3. The SMILES string of the molecule is NC(=O)[C@H](Cc1ccccc1)NC1CCC2(CCNCC2)CC1. The highest BCUT2D eigenvalue weighted by Crippen LogP contribution is 2.43. The van der Waals surface area contributed by atoms with E-state index in [-0.39, 0.29) is 11.9 Å². The minimum absolute atomic E-state index is 0.240. The van der Waals surface area contributed by atoms with E-state index in [1.165, 1.54) is 38.5 Å². The fraction of sp³-hybridized carbons (Fsp3) is 0.632. The fourth-order valence-corrected chi connectivity index (χ4v) is 4.23. The zero-order valence-electron chi connectivity index (χ0n) is 13.9. The minimum atomic E-state index is -0.260. The molecule has 0 aromatic heterocycles. The molecule has 4 nitrogen and oxygen atoms in total. The van der Waals surface area contributed by atoms with Crippen molar-refractivity contribution in [1.82, 2.24) is 10.6 Å². The molecule has 23 heavy (non-hydrogen) atoms. The summed E-state index contributed by atoms with van der Waals surface area (Å²) < 4.78 is 0. The van der Waals surface area contributed by atoms with Gasteiger partial charge in [-0.3, -0.25) is 4.79 Å². The zero-order chi connectivity index (χ0) is 16.1. The number of nitrogens with one attached hydrogen (secondary N) is 2. The van der Waals surface area contributed by atoms with Crippen LogP contribution >= 0.6 is 0 Å². The second kappa shape index (κ2) is 7.45. The first kappa shape index (κ1) is 16.5. The first-order valence-electron chi connectivity index (χ1n) is 8.97. The number of piperidine rings is 1. The molecular weight excluding hydrogens is 286 g/mol. The highest BCUT2D eigenvalue weighted by Gasteiger charge is 2.36. The molecule has 1 aliphatic carbocycles. The third kappa shape index (κ3) is 4.33. The van der Waals surface area contributed by atoms with Crippen LogP contribution in [-0.4, -0.2) is 31.1 Å². The van der Waals surface area contributed by atoms with Gasteiger partial charge in [-0.25, -0.2) is 0 Å². The van der Waals surface area contributed by atoms with Gasteiger partial charge in [-0.05, 0) is 69.0 Å². The quantitative estimate of drug-likeness (QED) is 0.778. The predicted octanol–water partition coefficient (Wildman–Crippen LogP) is 1.98. The Hall–Kier alpha value is -1.39. The Morgan fingerprint density at radius 3 is 2.43 bits per heavy atom. The van der Waals surface area contributed by atoms with E-state index >= 15 is 0 Å². The monoisotopic (exact) mass is 315 g/mol. The average molecular weight is 315 g/mol. The number of hydrogen-bond acceptors (Lipinski definition) is 3. The van der Waals surface area contributed by atoms with E-state index in [9.17, 15) is 4.79 Å². The number of rotatable bonds is 5. The van der Waals surface area contributed by atoms with Crippen LogP contribution in [0.4, 0.5) is 0 Å². The van der Waals surface area contributed by atoms with E-state index in [1.54, 1.807) is 0 Å². The molecule has 1 atom stereocenters. The molecule has 1 amide bonds. The van der Waals surface area contributed by atoms with Crippen LogP contribution in [0.1, 0.15) is 44.1 Å². The van der Waals surface area contributed by atoms with Crippen LogP contribution in [0.15, 0.2) is 30.3 Å². The maximum absolute atomic E-state index is 11.8. The van der Waals surface area contributed by atoms with Gasteiger partial charge in [0.05, 0.1) is 6.04 Å². The molecule has 4 N–H and O–H groups in total. The van der Waals surface area contributed by atoms with E-state index in [0.717, 1.165) is 18.7 Å². The topological polar surface area (TPSA) is 67.2 Å². The third-order valence-corrected chi connectivity index (χ3v) is 5.77. The van der Waals surface area contributed by atoms with Gasteiger partial charge >= 0.3 is 0 Å². The fourth-order valence-electron chi connectivity index (χ4n) is 4.23. The van der Waals surface area contributed by atoms with Crippen molar-refractivity contribution in [2.24, 2.45) is 11.1 Å². The van der Waals surface area contributed by atoms with Gasteiger partial charge in [0.2, 0.25) is 5.91 Å². The molecule has 1 saturated heterocycles. The lowest BCUT2D eigenvalue weighted by Gasteiger charge is -2.43. The lowest BCUT2D eigenvalue weighted by atomic mass is 9.67. The van der Waals surface area contributed by atoms with Gasteiger partial charge < -0.3 is 16.4 Å². The van der Waals surface area contributed by atoms with Crippen molar-refractivity contribution in [3.8, 4) is 0 Å². The second-order valence-corrected chi connectivity index (χ2v) is 7.34. The molecular formula is C19H29N3O. The number of carbonyl (C=O) groups excluding carboxylic acids is 1. The summed E-state index contributed by atoms with van der Waals surface area (Å²) in [5, 5.41) is 7.00. The molecule has 1 aromatic carbocycles. The van der Waals surface area contributed by atoms with Crippen LogP contribution in [0.2, 0.25) is 0 Å². The van der Waals surface area contributed by atoms with E-state index in [4.69, 9.17) is 5.73 Å². The van der Waals surface area contributed by atoms with Crippen molar-refractivity contribution < 1.29 is 4.79 Å². The largest absolute Gasteiger partial charge is 0.368 e. The summed E-state index contributed by atoms with van der Waals surface area (Å²) in [5.41, 5.74) is 7.35. The molecule has 0 bridgehead atoms. The molecule has 1 heterocycles. The lowest BCUT2D eigenvalue weighted by Crippen LogP contribution is -2.50. The summed E-state index contributed by atoms with van der Waals surface area (Å²) in [5.74, 6) is -0.240. The van der Waals surface area contributed by atoms with E-state index < -0.39 is 0 Å². The van der Waals surface area contributed by atoms with Crippen molar-refractivity contribution in [3.05, 3.63) is 35.9 Å². The molecule has 0 radical (unpaired) electrons. The van der Waals surface area contributed by atoms with Crippen LogP contribution in [0.3, 0.4) is 0 Å². The van der Waals surface area contributed by atoms with Gasteiger partial charge in [0, 0.05) is 6.04 Å². The van der Waals surface area contributed by atoms with E-state index in [2.05, 4.69) is 22.8 Å². The zero-order valence-corrected chi connectivity index (χ0v) is 13.9. The van der Waals surface area contributed by atoms with Crippen molar-refractivity contribution in [1.29, 1.82) is 0 Å². The standard InChI is InChI=1S/C19H29N3O/c20-18(23)17(14-15-4-2-1-3-5-15)22-16-6-8-19(9-7-16)10-12-21-13-11-19/h1-5,16-17,21-22H,6-14H2,(H2,20,23)/t17-/m0/s1. The molecule has 1 spiro atoms. The van der Waals surface area contributed by atoms with Crippen molar-refractivity contribution in [3.63, 3.8) is 0 Å². The highest BCUT2D eigenvalue weighted by molar-refractivity contribution is 5.80. The Morgan fingerprint density at radius 2 is 1.83 bits per heavy atom. The number of nitrogens with two attached hydrogens (primary N) is 1. The van der Waals surface area contributed by atoms with Gasteiger partial charge in [-0.1, -0.05) is 30.3 Å². The van der Waals surface area contributed by atoms with Gasteiger partial charge in [0.15, 0.2) is 0 Å². The highest BCUT2D eigenvalue weighted by atomic mass is 16.1. The third-order valence-electron chi connectivity index (χ3n) is 5.77. The smallest absolute Gasteiger partial charge is 0.234 e. The first-order chi connectivity index (χ1) is 11.2.